The number of amides is 2. The van der Waals surface area contributed by atoms with E-state index in [0.29, 0.717) is 51.2 Å². The van der Waals surface area contributed by atoms with Crippen molar-refractivity contribution in [1.82, 2.24) is 14.1 Å². The molecule has 2 heterocycles. The van der Waals surface area contributed by atoms with Crippen molar-refractivity contribution in [2.24, 2.45) is 0 Å². The van der Waals surface area contributed by atoms with Crippen LogP contribution < -0.4 is 5.32 Å². The van der Waals surface area contributed by atoms with Gasteiger partial charge in [-0.1, -0.05) is 32.0 Å². The van der Waals surface area contributed by atoms with Crippen LogP contribution in [0.3, 0.4) is 0 Å². The van der Waals surface area contributed by atoms with E-state index < -0.39 is 16.2 Å². The molecule has 1 N–H and O–H groups in total. The summed E-state index contributed by atoms with van der Waals surface area (Å²) in [4.78, 5) is 29.3. The first-order valence-corrected chi connectivity index (χ1v) is 14.0. The molecule has 1 atom stereocenters. The Bertz CT molecular complexity index is 1190. The van der Waals surface area contributed by atoms with Crippen LogP contribution in [0.5, 0.6) is 0 Å². The van der Waals surface area contributed by atoms with Crippen molar-refractivity contribution >= 4 is 27.7 Å². The molecule has 0 aromatic heterocycles. The van der Waals surface area contributed by atoms with E-state index in [-0.39, 0.29) is 22.9 Å². The van der Waals surface area contributed by atoms with Crippen LogP contribution in [0.25, 0.3) is 0 Å². The second-order valence-electron chi connectivity index (χ2n) is 8.88. The first-order chi connectivity index (χ1) is 17.3. The monoisotopic (exact) mass is 514 g/mol. The number of carbonyl (C=O) groups is 2. The zero-order chi connectivity index (χ0) is 25.9. The average molecular weight is 515 g/mol. The normalized spacial score (nSPS) is 18.4. The molecule has 2 aliphatic rings. The van der Waals surface area contributed by atoms with E-state index in [4.69, 9.17) is 4.74 Å². The van der Waals surface area contributed by atoms with Crippen LogP contribution in [0.4, 0.5) is 10.5 Å². The van der Waals surface area contributed by atoms with Crippen LogP contribution in [-0.2, 0) is 14.8 Å². The van der Waals surface area contributed by atoms with Crippen molar-refractivity contribution in [1.29, 1.82) is 0 Å². The molecule has 2 amide bonds. The highest BCUT2D eigenvalue weighted by Crippen LogP contribution is 2.38. The fourth-order valence-electron chi connectivity index (χ4n) is 5.00. The van der Waals surface area contributed by atoms with Gasteiger partial charge in [-0.25, -0.2) is 13.2 Å². The lowest BCUT2D eigenvalue weighted by Crippen LogP contribution is -2.49. The first kappa shape index (κ1) is 26.0. The van der Waals surface area contributed by atoms with Crippen molar-refractivity contribution in [3.63, 3.8) is 0 Å². The molecule has 0 aliphatic carbocycles. The van der Waals surface area contributed by atoms with Gasteiger partial charge in [0, 0.05) is 49.0 Å². The summed E-state index contributed by atoms with van der Waals surface area (Å²) in [5, 5.41) is 3.46. The Kier molecular flexibility index (Phi) is 7.85. The maximum Gasteiger partial charge on any atom is 0.409 e. The molecular weight excluding hydrogens is 480 g/mol. The minimum atomic E-state index is -3.55. The van der Waals surface area contributed by atoms with Gasteiger partial charge in [-0.2, -0.15) is 4.31 Å². The minimum Gasteiger partial charge on any atom is -0.450 e. The van der Waals surface area contributed by atoms with E-state index in [2.05, 4.69) is 5.32 Å². The van der Waals surface area contributed by atoms with Crippen LogP contribution >= 0.6 is 0 Å². The lowest BCUT2D eigenvalue weighted by molar-refractivity contribution is 0.0496. The summed E-state index contributed by atoms with van der Waals surface area (Å²) in [6, 6.07) is 14.2. The maximum atomic E-state index is 13.4. The molecule has 36 heavy (non-hydrogen) atoms. The Morgan fingerprint density at radius 1 is 1.03 bits per heavy atom. The van der Waals surface area contributed by atoms with Gasteiger partial charge in [-0.05, 0) is 50.1 Å². The maximum absolute atomic E-state index is 13.4. The van der Waals surface area contributed by atoms with Crippen LogP contribution in [0.2, 0.25) is 0 Å². The number of fused-ring (bicyclic) bond motifs is 1. The highest BCUT2D eigenvalue weighted by molar-refractivity contribution is 7.89. The molecule has 2 aromatic carbocycles. The Labute approximate surface area is 213 Å². The number of hydrogen-bond acceptors (Lipinski definition) is 6. The number of benzene rings is 2. The van der Waals surface area contributed by atoms with Crippen molar-refractivity contribution in [2.45, 2.75) is 50.7 Å². The molecule has 1 fully saturated rings. The molecule has 9 nitrogen and oxygen atoms in total. The number of anilines is 1. The Morgan fingerprint density at radius 2 is 1.67 bits per heavy atom. The van der Waals surface area contributed by atoms with Crippen LogP contribution in [0.1, 0.15) is 55.7 Å². The van der Waals surface area contributed by atoms with Crippen molar-refractivity contribution in [3.8, 4) is 0 Å². The van der Waals surface area contributed by atoms with E-state index in [1.807, 2.05) is 43.0 Å². The SMILES string of the molecule is CCOC(=O)N1CCC(N2C(=O)c3ccccc3[C@H]2Nc2ccc(S(=O)(=O)N(CC)CC)cc2)CC1. The van der Waals surface area contributed by atoms with Crippen molar-refractivity contribution in [3.05, 3.63) is 59.7 Å². The number of likely N-dealkylation sites (tertiary alicyclic amines) is 1. The quantitative estimate of drug-likeness (QED) is 0.574. The summed E-state index contributed by atoms with van der Waals surface area (Å²) in [6.45, 7) is 7.61. The van der Waals surface area contributed by atoms with Gasteiger partial charge in [0.2, 0.25) is 10.0 Å². The molecule has 1 saturated heterocycles. The molecule has 2 aromatic rings. The van der Waals surface area contributed by atoms with Gasteiger partial charge in [0.05, 0.1) is 11.5 Å². The Balaban J connectivity index is 1.55. The van der Waals surface area contributed by atoms with E-state index in [0.717, 1.165) is 11.3 Å². The topological polar surface area (TPSA) is 99.3 Å². The standard InChI is InChI=1S/C26H34N4O5S/c1-4-29(5-2)36(33,34)21-13-11-19(12-14-21)27-24-22-9-7-8-10-23(22)25(31)30(24)20-15-17-28(18-16-20)26(32)35-6-3/h7-14,20,24,27H,4-6,15-18H2,1-3H3/t24-/m0/s1. The predicted molar refractivity (Wildman–Crippen MR) is 137 cm³/mol. The number of ether oxygens (including phenoxy) is 1. The number of rotatable bonds is 8. The third-order valence-electron chi connectivity index (χ3n) is 6.88. The second-order valence-corrected chi connectivity index (χ2v) is 10.8. The van der Waals surface area contributed by atoms with Gasteiger partial charge < -0.3 is 19.9 Å². The van der Waals surface area contributed by atoms with Gasteiger partial charge in [-0.3, -0.25) is 4.79 Å². The molecule has 10 heteroatoms. The summed E-state index contributed by atoms with van der Waals surface area (Å²) in [7, 11) is -3.55. The van der Waals surface area contributed by atoms with E-state index in [9.17, 15) is 18.0 Å². The number of sulfonamides is 1. The molecular formula is C26H34N4O5S. The molecule has 4 rings (SSSR count). The first-order valence-electron chi connectivity index (χ1n) is 12.5. The van der Waals surface area contributed by atoms with E-state index in [1.54, 1.807) is 36.1 Å². The predicted octanol–water partition coefficient (Wildman–Crippen LogP) is 3.90. The summed E-state index contributed by atoms with van der Waals surface area (Å²) in [5.41, 5.74) is 2.26. The number of piperidine rings is 1. The number of carbonyl (C=O) groups excluding carboxylic acids is 2. The molecule has 194 valence electrons. The Hall–Kier alpha value is -3.11. The van der Waals surface area contributed by atoms with Crippen LogP contribution in [0, 0.1) is 0 Å². The number of nitrogens with zero attached hydrogens (tertiary/aromatic N) is 3. The summed E-state index contributed by atoms with van der Waals surface area (Å²) in [5.74, 6) is -0.0431. The van der Waals surface area contributed by atoms with Gasteiger partial charge in [0.15, 0.2) is 0 Å². The van der Waals surface area contributed by atoms with Gasteiger partial charge in [0.25, 0.3) is 5.91 Å². The third-order valence-corrected chi connectivity index (χ3v) is 8.95. The summed E-state index contributed by atoms with van der Waals surface area (Å²) < 4.78 is 32.2. The third kappa shape index (κ3) is 4.92. The lowest BCUT2D eigenvalue weighted by Gasteiger charge is -2.39. The Morgan fingerprint density at radius 3 is 2.28 bits per heavy atom. The zero-order valence-electron chi connectivity index (χ0n) is 21.0. The molecule has 0 spiro atoms. The fraction of sp³-hybridized carbons (Fsp3) is 0.462. The largest absolute Gasteiger partial charge is 0.450 e. The van der Waals surface area contributed by atoms with E-state index >= 15 is 0 Å². The van der Waals surface area contributed by atoms with E-state index in [1.165, 1.54) is 4.31 Å². The lowest BCUT2D eigenvalue weighted by atomic mass is 10.0. The van der Waals surface area contributed by atoms with Crippen molar-refractivity contribution in [2.75, 3.05) is 38.1 Å². The highest BCUT2D eigenvalue weighted by atomic mass is 32.2. The highest BCUT2D eigenvalue weighted by Gasteiger charge is 2.42. The second kappa shape index (κ2) is 10.9. The number of hydrogen-bond donors (Lipinski definition) is 1. The summed E-state index contributed by atoms with van der Waals surface area (Å²) >= 11 is 0. The van der Waals surface area contributed by atoms with Crippen LogP contribution in [0.15, 0.2) is 53.4 Å². The molecule has 0 radical (unpaired) electrons. The average Bonchev–Trinajstić information content (AvgIpc) is 3.16. The van der Waals surface area contributed by atoms with Gasteiger partial charge >= 0.3 is 6.09 Å². The van der Waals surface area contributed by atoms with Crippen molar-refractivity contribution < 1.29 is 22.7 Å². The number of nitrogens with one attached hydrogen (secondary N) is 1. The summed E-state index contributed by atoms with van der Waals surface area (Å²) in [6.07, 6.45) is 0.592. The fourth-order valence-corrected chi connectivity index (χ4v) is 6.45. The minimum absolute atomic E-state index is 0.0431. The van der Waals surface area contributed by atoms with Gasteiger partial charge in [-0.15, -0.1) is 0 Å². The molecule has 0 bridgehead atoms. The van der Waals surface area contributed by atoms with Crippen LogP contribution in [-0.4, -0.2) is 73.4 Å². The smallest absolute Gasteiger partial charge is 0.409 e. The molecule has 2 aliphatic heterocycles. The van der Waals surface area contributed by atoms with Gasteiger partial charge in [0.1, 0.15) is 6.17 Å². The zero-order valence-corrected chi connectivity index (χ0v) is 21.8. The molecule has 0 unspecified atom stereocenters. The molecule has 0 saturated carbocycles.